The predicted molar refractivity (Wildman–Crippen MR) is 94.5 cm³/mol. The summed E-state index contributed by atoms with van der Waals surface area (Å²) in [6.45, 7) is 2.26. The van der Waals surface area contributed by atoms with Crippen LogP contribution in [-0.4, -0.2) is 38.1 Å². The average Bonchev–Trinajstić information content (AvgIpc) is 2.83. The number of benzene rings is 1. The SMILES string of the molecule is Cn1nnc2c(Nc3cccc(N4CCCCCC4)c3)ncnc21. The highest BCUT2D eigenvalue weighted by Gasteiger charge is 2.12. The molecule has 3 heterocycles. The van der Waals surface area contributed by atoms with Crippen molar-refractivity contribution < 1.29 is 0 Å². The molecule has 24 heavy (non-hydrogen) atoms. The molecule has 0 amide bonds. The van der Waals surface area contributed by atoms with Crippen LogP contribution in [0, 0.1) is 0 Å². The van der Waals surface area contributed by atoms with Crippen molar-refractivity contribution in [2.45, 2.75) is 25.7 Å². The van der Waals surface area contributed by atoms with Gasteiger partial charge < -0.3 is 10.2 Å². The maximum Gasteiger partial charge on any atom is 0.183 e. The Balaban J connectivity index is 1.61. The Morgan fingerprint density at radius 2 is 1.88 bits per heavy atom. The minimum absolute atomic E-state index is 0.681. The summed E-state index contributed by atoms with van der Waals surface area (Å²) in [4.78, 5) is 11.0. The molecule has 0 atom stereocenters. The Bertz CT molecular complexity index is 834. The molecule has 1 aliphatic rings. The lowest BCUT2D eigenvalue weighted by Gasteiger charge is -2.23. The van der Waals surface area contributed by atoms with Crippen LogP contribution in [0.2, 0.25) is 0 Å². The van der Waals surface area contributed by atoms with Crippen molar-refractivity contribution in [3.8, 4) is 0 Å². The van der Waals surface area contributed by atoms with Crippen molar-refractivity contribution in [3.05, 3.63) is 30.6 Å². The molecule has 0 spiro atoms. The number of aromatic nitrogens is 5. The Hall–Kier alpha value is -2.70. The molecule has 0 aliphatic carbocycles. The Morgan fingerprint density at radius 3 is 2.71 bits per heavy atom. The van der Waals surface area contributed by atoms with E-state index in [9.17, 15) is 0 Å². The van der Waals surface area contributed by atoms with Gasteiger partial charge in [0, 0.05) is 31.5 Å². The normalized spacial score (nSPS) is 15.5. The maximum absolute atomic E-state index is 4.32. The standard InChI is InChI=1S/C17H21N7/c1-23-17-15(21-22-23)16(18-12-19-17)20-13-7-6-8-14(11-13)24-9-4-2-3-5-10-24/h6-8,11-12H,2-5,9-10H2,1H3,(H,18,19,20). The number of fused-ring (bicyclic) bond motifs is 1. The first-order valence-electron chi connectivity index (χ1n) is 8.44. The second-order valence-electron chi connectivity index (χ2n) is 6.18. The molecule has 7 nitrogen and oxygen atoms in total. The molecular weight excluding hydrogens is 302 g/mol. The van der Waals surface area contributed by atoms with E-state index in [2.05, 4.69) is 48.7 Å². The maximum atomic E-state index is 4.32. The molecule has 124 valence electrons. The fraction of sp³-hybridized carbons (Fsp3) is 0.412. The molecule has 7 heteroatoms. The van der Waals surface area contributed by atoms with E-state index in [1.54, 1.807) is 4.68 Å². The van der Waals surface area contributed by atoms with Crippen molar-refractivity contribution >= 4 is 28.4 Å². The minimum Gasteiger partial charge on any atom is -0.371 e. The Morgan fingerprint density at radius 1 is 1.04 bits per heavy atom. The highest BCUT2D eigenvalue weighted by molar-refractivity contribution is 5.84. The number of aryl methyl sites for hydroxylation is 1. The lowest BCUT2D eigenvalue weighted by atomic mass is 10.2. The summed E-state index contributed by atoms with van der Waals surface area (Å²) in [5, 5.41) is 11.5. The van der Waals surface area contributed by atoms with E-state index >= 15 is 0 Å². The fourth-order valence-electron chi connectivity index (χ4n) is 3.19. The number of hydrogen-bond acceptors (Lipinski definition) is 6. The highest BCUT2D eigenvalue weighted by Crippen LogP contribution is 2.26. The van der Waals surface area contributed by atoms with Crippen LogP contribution in [0.1, 0.15) is 25.7 Å². The van der Waals surface area contributed by atoms with E-state index in [-0.39, 0.29) is 0 Å². The summed E-state index contributed by atoms with van der Waals surface area (Å²) in [7, 11) is 1.83. The summed E-state index contributed by atoms with van der Waals surface area (Å²) in [6.07, 6.45) is 6.74. The third-order valence-corrected chi connectivity index (χ3v) is 4.47. The van der Waals surface area contributed by atoms with Gasteiger partial charge in [-0.1, -0.05) is 24.1 Å². The number of hydrogen-bond donors (Lipinski definition) is 1. The molecule has 1 aromatic carbocycles. The molecular formula is C17H21N7. The van der Waals surface area contributed by atoms with E-state index < -0.39 is 0 Å². The number of anilines is 3. The van der Waals surface area contributed by atoms with Gasteiger partial charge in [0.25, 0.3) is 0 Å². The van der Waals surface area contributed by atoms with Gasteiger partial charge in [-0.25, -0.2) is 14.6 Å². The average molecular weight is 323 g/mol. The first-order chi connectivity index (χ1) is 11.8. The lowest BCUT2D eigenvalue weighted by Crippen LogP contribution is -2.23. The van der Waals surface area contributed by atoms with Gasteiger partial charge in [-0.15, -0.1) is 5.10 Å². The Kier molecular flexibility index (Phi) is 3.98. The second kappa shape index (κ2) is 6.43. The minimum atomic E-state index is 0.681. The van der Waals surface area contributed by atoms with E-state index in [4.69, 9.17) is 0 Å². The van der Waals surface area contributed by atoms with Crippen LogP contribution < -0.4 is 10.2 Å². The van der Waals surface area contributed by atoms with Crippen molar-refractivity contribution in [1.82, 2.24) is 25.0 Å². The monoisotopic (exact) mass is 323 g/mol. The van der Waals surface area contributed by atoms with Crippen molar-refractivity contribution in [2.24, 2.45) is 7.05 Å². The number of rotatable bonds is 3. The van der Waals surface area contributed by atoms with Gasteiger partial charge in [0.15, 0.2) is 17.0 Å². The molecule has 3 aromatic rings. The molecule has 1 fully saturated rings. The summed E-state index contributed by atoms with van der Waals surface area (Å²) in [5.74, 6) is 0.682. The van der Waals surface area contributed by atoms with E-state index in [1.165, 1.54) is 37.7 Å². The van der Waals surface area contributed by atoms with E-state index in [1.807, 2.05) is 13.1 Å². The summed E-state index contributed by atoms with van der Waals surface area (Å²) in [6, 6.07) is 8.48. The number of nitrogens with zero attached hydrogens (tertiary/aromatic N) is 6. The van der Waals surface area contributed by atoms with Crippen LogP contribution in [-0.2, 0) is 7.05 Å². The van der Waals surface area contributed by atoms with E-state index in [0.29, 0.717) is 11.3 Å². The van der Waals surface area contributed by atoms with Gasteiger partial charge in [0.1, 0.15) is 6.33 Å². The predicted octanol–water partition coefficient (Wildman–Crippen LogP) is 2.88. The highest BCUT2D eigenvalue weighted by atomic mass is 15.4. The third kappa shape index (κ3) is 2.89. The molecule has 0 unspecified atom stereocenters. The van der Waals surface area contributed by atoms with Crippen LogP contribution >= 0.6 is 0 Å². The van der Waals surface area contributed by atoms with Crippen LogP contribution in [0.3, 0.4) is 0 Å². The lowest BCUT2D eigenvalue weighted by molar-refractivity contribution is 0.726. The topological polar surface area (TPSA) is 71.8 Å². The molecule has 1 saturated heterocycles. The van der Waals surface area contributed by atoms with Crippen LogP contribution in [0.15, 0.2) is 30.6 Å². The summed E-state index contributed by atoms with van der Waals surface area (Å²) >= 11 is 0. The quantitative estimate of drug-likeness (QED) is 0.799. The Labute approximate surface area is 140 Å². The van der Waals surface area contributed by atoms with Gasteiger partial charge in [-0.05, 0) is 31.0 Å². The molecule has 1 aliphatic heterocycles. The zero-order chi connectivity index (χ0) is 16.4. The molecule has 2 aromatic heterocycles. The summed E-state index contributed by atoms with van der Waals surface area (Å²) in [5.41, 5.74) is 3.66. The van der Waals surface area contributed by atoms with Gasteiger partial charge >= 0.3 is 0 Å². The van der Waals surface area contributed by atoms with Crippen LogP contribution in [0.5, 0.6) is 0 Å². The molecule has 1 N–H and O–H groups in total. The third-order valence-electron chi connectivity index (χ3n) is 4.47. The molecule has 0 saturated carbocycles. The van der Waals surface area contributed by atoms with Crippen LogP contribution in [0.25, 0.3) is 11.2 Å². The van der Waals surface area contributed by atoms with Crippen LogP contribution in [0.4, 0.5) is 17.2 Å². The van der Waals surface area contributed by atoms with Crippen molar-refractivity contribution in [2.75, 3.05) is 23.3 Å². The van der Waals surface area contributed by atoms with Crippen molar-refractivity contribution in [1.29, 1.82) is 0 Å². The van der Waals surface area contributed by atoms with Gasteiger partial charge in [0.05, 0.1) is 0 Å². The largest absolute Gasteiger partial charge is 0.371 e. The van der Waals surface area contributed by atoms with E-state index in [0.717, 1.165) is 24.4 Å². The van der Waals surface area contributed by atoms with Gasteiger partial charge in [0.2, 0.25) is 0 Å². The zero-order valence-electron chi connectivity index (χ0n) is 13.8. The zero-order valence-corrected chi connectivity index (χ0v) is 13.8. The molecule has 4 rings (SSSR count). The number of nitrogens with one attached hydrogen (secondary N) is 1. The van der Waals surface area contributed by atoms with Gasteiger partial charge in [-0.3, -0.25) is 0 Å². The van der Waals surface area contributed by atoms with Crippen molar-refractivity contribution in [3.63, 3.8) is 0 Å². The smallest absolute Gasteiger partial charge is 0.183 e. The molecule has 0 radical (unpaired) electrons. The first kappa shape index (κ1) is 14.9. The fourth-order valence-corrected chi connectivity index (χ4v) is 3.19. The second-order valence-corrected chi connectivity index (χ2v) is 6.18. The summed E-state index contributed by atoms with van der Waals surface area (Å²) < 4.78 is 1.65. The first-order valence-corrected chi connectivity index (χ1v) is 8.44. The van der Waals surface area contributed by atoms with Gasteiger partial charge in [-0.2, -0.15) is 0 Å². The molecule has 0 bridgehead atoms.